The number of aliphatic imine (C=N–C) groups is 1. The maximum Gasteiger partial charge on any atom is 0.191 e. The zero-order chi connectivity index (χ0) is 21.5. The molecule has 9 heteroatoms. The summed E-state index contributed by atoms with van der Waals surface area (Å²) in [7, 11) is 1.77. The van der Waals surface area contributed by atoms with Gasteiger partial charge < -0.3 is 20.1 Å². The SMILES string of the molecule is CN=C(NCCc1nnc2ccccn12)NCc1ccc(C)cc1OCC1CCCO1.I. The van der Waals surface area contributed by atoms with Crippen LogP contribution in [0.25, 0.3) is 5.65 Å². The summed E-state index contributed by atoms with van der Waals surface area (Å²) in [4.78, 5) is 4.33. The molecule has 0 spiro atoms. The minimum absolute atomic E-state index is 0. The van der Waals surface area contributed by atoms with Crippen molar-refractivity contribution in [3.63, 3.8) is 0 Å². The van der Waals surface area contributed by atoms with Crippen molar-refractivity contribution in [3.05, 3.63) is 59.5 Å². The van der Waals surface area contributed by atoms with Crippen LogP contribution in [0.15, 0.2) is 47.6 Å². The largest absolute Gasteiger partial charge is 0.491 e. The summed E-state index contributed by atoms with van der Waals surface area (Å²) in [5.41, 5.74) is 3.12. The predicted molar refractivity (Wildman–Crippen MR) is 136 cm³/mol. The molecule has 2 N–H and O–H groups in total. The van der Waals surface area contributed by atoms with Crippen LogP contribution in [0.5, 0.6) is 5.75 Å². The Morgan fingerprint density at radius 2 is 2.16 bits per heavy atom. The molecule has 2 aromatic heterocycles. The number of rotatable bonds is 8. The summed E-state index contributed by atoms with van der Waals surface area (Å²) >= 11 is 0. The van der Waals surface area contributed by atoms with Crippen molar-refractivity contribution in [1.82, 2.24) is 25.2 Å². The monoisotopic (exact) mass is 550 g/mol. The molecule has 3 aromatic rings. The van der Waals surface area contributed by atoms with Crippen LogP contribution < -0.4 is 15.4 Å². The van der Waals surface area contributed by atoms with E-state index in [1.807, 2.05) is 28.8 Å². The van der Waals surface area contributed by atoms with E-state index < -0.39 is 0 Å². The number of aromatic nitrogens is 3. The van der Waals surface area contributed by atoms with Crippen LogP contribution in [0.4, 0.5) is 0 Å². The van der Waals surface area contributed by atoms with Crippen LogP contribution in [0, 0.1) is 6.92 Å². The zero-order valence-corrected chi connectivity index (χ0v) is 20.9. The quantitative estimate of drug-likeness (QED) is 0.255. The molecule has 1 aromatic carbocycles. The molecule has 1 atom stereocenters. The van der Waals surface area contributed by atoms with Crippen LogP contribution in [0.2, 0.25) is 0 Å². The molecular weight excluding hydrogens is 519 g/mol. The molecule has 4 rings (SSSR count). The van der Waals surface area contributed by atoms with Crippen molar-refractivity contribution in [2.45, 2.75) is 38.8 Å². The summed E-state index contributed by atoms with van der Waals surface area (Å²) < 4.78 is 13.8. The van der Waals surface area contributed by atoms with Crippen LogP contribution in [-0.4, -0.2) is 53.5 Å². The van der Waals surface area contributed by atoms with Gasteiger partial charge in [-0.25, -0.2) is 0 Å². The van der Waals surface area contributed by atoms with E-state index in [1.54, 1.807) is 7.05 Å². The van der Waals surface area contributed by atoms with E-state index in [0.717, 1.165) is 54.6 Å². The molecule has 0 bridgehead atoms. The molecule has 1 fully saturated rings. The molecule has 0 radical (unpaired) electrons. The Balaban J connectivity index is 0.00000289. The van der Waals surface area contributed by atoms with Gasteiger partial charge in [-0.2, -0.15) is 0 Å². The number of ether oxygens (including phenoxy) is 2. The average molecular weight is 550 g/mol. The highest BCUT2D eigenvalue weighted by atomic mass is 127. The topological polar surface area (TPSA) is 85.1 Å². The highest BCUT2D eigenvalue weighted by Crippen LogP contribution is 2.22. The van der Waals surface area contributed by atoms with Crippen LogP contribution in [0.3, 0.4) is 0 Å². The molecule has 1 unspecified atom stereocenters. The molecular formula is C23H31IN6O2. The summed E-state index contributed by atoms with van der Waals surface area (Å²) in [6, 6.07) is 12.2. The maximum atomic E-state index is 6.10. The van der Waals surface area contributed by atoms with Crippen LogP contribution >= 0.6 is 24.0 Å². The molecule has 3 heterocycles. The Morgan fingerprint density at radius 3 is 2.97 bits per heavy atom. The molecule has 1 aliphatic heterocycles. The van der Waals surface area contributed by atoms with E-state index in [-0.39, 0.29) is 30.1 Å². The Labute approximate surface area is 205 Å². The lowest BCUT2D eigenvalue weighted by Crippen LogP contribution is -2.38. The van der Waals surface area contributed by atoms with Gasteiger partial charge in [-0.3, -0.25) is 9.39 Å². The highest BCUT2D eigenvalue weighted by Gasteiger charge is 2.17. The molecule has 0 amide bonds. The predicted octanol–water partition coefficient (Wildman–Crippen LogP) is 3.12. The lowest BCUT2D eigenvalue weighted by molar-refractivity contribution is 0.0676. The van der Waals surface area contributed by atoms with Gasteiger partial charge in [0, 0.05) is 44.9 Å². The van der Waals surface area contributed by atoms with E-state index >= 15 is 0 Å². The number of benzene rings is 1. The van der Waals surface area contributed by atoms with Crippen molar-refractivity contribution in [2.75, 3.05) is 26.8 Å². The fraction of sp³-hybridized carbons (Fsp3) is 0.435. The van der Waals surface area contributed by atoms with Crippen molar-refractivity contribution < 1.29 is 9.47 Å². The van der Waals surface area contributed by atoms with Gasteiger partial charge in [-0.05, 0) is 43.5 Å². The first-order valence-electron chi connectivity index (χ1n) is 10.8. The smallest absolute Gasteiger partial charge is 0.191 e. The summed E-state index contributed by atoms with van der Waals surface area (Å²) in [6.07, 6.45) is 5.10. The lowest BCUT2D eigenvalue weighted by Gasteiger charge is -2.17. The van der Waals surface area contributed by atoms with Gasteiger partial charge in [0.15, 0.2) is 11.6 Å². The first-order chi connectivity index (χ1) is 15.2. The third-order valence-electron chi connectivity index (χ3n) is 5.37. The molecule has 32 heavy (non-hydrogen) atoms. The second kappa shape index (κ2) is 12.0. The van der Waals surface area contributed by atoms with Crippen LogP contribution in [-0.2, 0) is 17.7 Å². The van der Waals surface area contributed by atoms with E-state index in [2.05, 4.69) is 50.9 Å². The number of guanidine groups is 1. The van der Waals surface area contributed by atoms with Gasteiger partial charge in [0.1, 0.15) is 18.2 Å². The summed E-state index contributed by atoms with van der Waals surface area (Å²) in [6.45, 7) is 4.82. The van der Waals surface area contributed by atoms with Gasteiger partial charge in [-0.1, -0.05) is 18.2 Å². The number of pyridine rings is 1. The van der Waals surface area contributed by atoms with Crippen molar-refractivity contribution in [2.24, 2.45) is 4.99 Å². The van der Waals surface area contributed by atoms with Gasteiger partial charge in [0.2, 0.25) is 0 Å². The fourth-order valence-electron chi connectivity index (χ4n) is 3.65. The number of hydrogen-bond acceptors (Lipinski definition) is 5. The van der Waals surface area contributed by atoms with E-state index in [4.69, 9.17) is 9.47 Å². The number of aryl methyl sites for hydroxylation is 1. The van der Waals surface area contributed by atoms with Crippen molar-refractivity contribution >= 4 is 35.6 Å². The second-order valence-electron chi connectivity index (χ2n) is 7.70. The fourth-order valence-corrected chi connectivity index (χ4v) is 3.65. The van der Waals surface area contributed by atoms with E-state index in [0.29, 0.717) is 19.7 Å². The number of fused-ring (bicyclic) bond motifs is 1. The molecule has 0 aliphatic carbocycles. The van der Waals surface area contributed by atoms with Gasteiger partial charge >= 0.3 is 0 Å². The Bertz CT molecular complexity index is 1030. The van der Waals surface area contributed by atoms with Gasteiger partial charge in [0.25, 0.3) is 0 Å². The third kappa shape index (κ3) is 6.32. The van der Waals surface area contributed by atoms with Gasteiger partial charge in [0.05, 0.1) is 6.10 Å². The minimum atomic E-state index is 0. The Kier molecular flexibility index (Phi) is 9.10. The molecule has 172 valence electrons. The van der Waals surface area contributed by atoms with Gasteiger partial charge in [-0.15, -0.1) is 34.2 Å². The van der Waals surface area contributed by atoms with Crippen molar-refractivity contribution in [1.29, 1.82) is 0 Å². The second-order valence-corrected chi connectivity index (χ2v) is 7.70. The lowest BCUT2D eigenvalue weighted by atomic mass is 10.1. The zero-order valence-electron chi connectivity index (χ0n) is 18.6. The normalized spacial score (nSPS) is 16.1. The Morgan fingerprint density at radius 1 is 1.25 bits per heavy atom. The molecule has 0 saturated carbocycles. The van der Waals surface area contributed by atoms with E-state index in [9.17, 15) is 0 Å². The summed E-state index contributed by atoms with van der Waals surface area (Å²) in [5, 5.41) is 15.2. The minimum Gasteiger partial charge on any atom is -0.491 e. The highest BCUT2D eigenvalue weighted by molar-refractivity contribution is 14.0. The summed E-state index contributed by atoms with van der Waals surface area (Å²) in [5.74, 6) is 2.55. The van der Waals surface area contributed by atoms with Crippen molar-refractivity contribution in [3.8, 4) is 5.75 Å². The standard InChI is InChI=1S/C23H30N6O2.HI/c1-17-8-9-18(20(14-17)31-16-19-6-5-13-30-19)15-26-23(24-2)25-11-10-22-28-27-21-7-3-4-12-29(21)22;/h3-4,7-9,12,14,19H,5-6,10-11,13,15-16H2,1-2H3,(H2,24,25,26);1H. The molecule has 8 nitrogen and oxygen atoms in total. The first-order valence-corrected chi connectivity index (χ1v) is 10.8. The number of nitrogens with one attached hydrogen (secondary N) is 2. The van der Waals surface area contributed by atoms with E-state index in [1.165, 1.54) is 5.56 Å². The third-order valence-corrected chi connectivity index (χ3v) is 5.37. The average Bonchev–Trinajstić information content (AvgIpc) is 3.46. The number of hydrogen-bond donors (Lipinski definition) is 2. The number of halogens is 1. The van der Waals surface area contributed by atoms with Crippen LogP contribution in [0.1, 0.15) is 29.8 Å². The molecule has 1 aliphatic rings. The number of nitrogens with zero attached hydrogens (tertiary/aromatic N) is 4. The Hall–Kier alpha value is -2.40. The molecule has 1 saturated heterocycles. The first kappa shape index (κ1) is 24.2. The maximum absolute atomic E-state index is 6.10.